The fourth-order valence-electron chi connectivity index (χ4n) is 1.59. The van der Waals surface area contributed by atoms with Gasteiger partial charge in [-0.05, 0) is 18.6 Å². The lowest BCUT2D eigenvalue weighted by Gasteiger charge is -2.00. The van der Waals surface area contributed by atoms with Crippen molar-refractivity contribution >= 4 is 22.2 Å². The van der Waals surface area contributed by atoms with Gasteiger partial charge in [0.15, 0.2) is 12.1 Å². The first kappa shape index (κ1) is 11.1. The lowest BCUT2D eigenvalue weighted by atomic mass is 10.1. The number of halogens is 1. The van der Waals surface area contributed by atoms with Crippen LogP contribution in [0.5, 0.6) is 0 Å². The van der Waals surface area contributed by atoms with Crippen molar-refractivity contribution in [1.29, 1.82) is 0 Å². The van der Waals surface area contributed by atoms with Crippen molar-refractivity contribution in [2.45, 2.75) is 13.3 Å². The monoisotopic (exact) mass is 278 g/mol. The van der Waals surface area contributed by atoms with E-state index in [1.54, 1.807) is 0 Å². The molecule has 0 unspecified atom stereocenters. The minimum atomic E-state index is 0.384. The number of carbonyl (C=O) groups is 1. The van der Waals surface area contributed by atoms with Crippen LogP contribution in [0.4, 0.5) is 0 Å². The van der Waals surface area contributed by atoms with Gasteiger partial charge in [-0.2, -0.15) is 0 Å². The third-order valence-electron chi connectivity index (χ3n) is 2.38. The molecule has 4 heteroatoms. The molecule has 0 fully saturated rings. The number of aryl methyl sites for hydroxylation is 1. The van der Waals surface area contributed by atoms with Gasteiger partial charge < -0.3 is 4.98 Å². The van der Waals surface area contributed by atoms with Gasteiger partial charge in [0.25, 0.3) is 0 Å². The van der Waals surface area contributed by atoms with Crippen LogP contribution in [0.1, 0.15) is 23.2 Å². The molecule has 2 rings (SSSR count). The van der Waals surface area contributed by atoms with E-state index in [9.17, 15) is 4.79 Å². The van der Waals surface area contributed by atoms with E-state index in [2.05, 4.69) is 25.9 Å². The number of imidazole rings is 1. The third kappa shape index (κ3) is 2.07. The third-order valence-corrected chi connectivity index (χ3v) is 2.91. The summed E-state index contributed by atoms with van der Waals surface area (Å²) in [6.07, 6.45) is 1.56. The summed E-state index contributed by atoms with van der Waals surface area (Å²) in [6, 6.07) is 7.88. The number of aromatic amines is 1. The maximum absolute atomic E-state index is 10.7. The first-order chi connectivity index (χ1) is 7.74. The highest BCUT2D eigenvalue weighted by atomic mass is 79.9. The van der Waals surface area contributed by atoms with E-state index < -0.39 is 0 Å². The SMILES string of the molecule is CCc1[nH]c(C=O)nc1-c1ccc(Br)cc1. The normalized spacial score (nSPS) is 10.4. The molecular weight excluding hydrogens is 268 g/mol. The predicted octanol–water partition coefficient (Wildman–Crippen LogP) is 3.21. The molecule has 3 nitrogen and oxygen atoms in total. The summed E-state index contributed by atoms with van der Waals surface area (Å²) in [4.78, 5) is 17.9. The van der Waals surface area contributed by atoms with Crippen molar-refractivity contribution in [3.63, 3.8) is 0 Å². The van der Waals surface area contributed by atoms with Gasteiger partial charge in [-0.15, -0.1) is 0 Å². The van der Waals surface area contributed by atoms with E-state index in [1.165, 1.54) is 0 Å². The molecule has 0 radical (unpaired) electrons. The number of benzene rings is 1. The predicted molar refractivity (Wildman–Crippen MR) is 66.5 cm³/mol. The Morgan fingerprint density at radius 1 is 1.38 bits per heavy atom. The summed E-state index contributed by atoms with van der Waals surface area (Å²) in [5.74, 6) is 0.384. The lowest BCUT2D eigenvalue weighted by Crippen LogP contribution is -1.85. The minimum Gasteiger partial charge on any atom is -0.339 e. The Labute approximate surface area is 102 Å². The van der Waals surface area contributed by atoms with Gasteiger partial charge in [0.05, 0.1) is 5.69 Å². The Morgan fingerprint density at radius 3 is 2.62 bits per heavy atom. The maximum Gasteiger partial charge on any atom is 0.185 e. The van der Waals surface area contributed by atoms with Gasteiger partial charge in [-0.3, -0.25) is 4.79 Å². The molecule has 0 aliphatic carbocycles. The molecule has 0 spiro atoms. The fourth-order valence-corrected chi connectivity index (χ4v) is 1.85. The number of hydrogen-bond donors (Lipinski definition) is 1. The lowest BCUT2D eigenvalue weighted by molar-refractivity contribution is 0.111. The number of carbonyl (C=O) groups excluding carboxylic acids is 1. The summed E-state index contributed by atoms with van der Waals surface area (Å²) in [5, 5.41) is 0. The second kappa shape index (κ2) is 4.61. The summed E-state index contributed by atoms with van der Waals surface area (Å²) >= 11 is 3.39. The summed E-state index contributed by atoms with van der Waals surface area (Å²) in [5.41, 5.74) is 2.87. The highest BCUT2D eigenvalue weighted by molar-refractivity contribution is 9.10. The molecule has 1 aromatic heterocycles. The van der Waals surface area contributed by atoms with Crippen molar-refractivity contribution < 1.29 is 4.79 Å². The number of aldehydes is 1. The zero-order chi connectivity index (χ0) is 11.5. The fraction of sp³-hybridized carbons (Fsp3) is 0.167. The molecule has 1 heterocycles. The molecule has 0 atom stereocenters. The van der Waals surface area contributed by atoms with E-state index in [0.717, 1.165) is 34.1 Å². The van der Waals surface area contributed by atoms with Gasteiger partial charge >= 0.3 is 0 Å². The van der Waals surface area contributed by atoms with Crippen molar-refractivity contribution in [3.05, 3.63) is 40.3 Å². The Kier molecular flexibility index (Phi) is 3.19. The average Bonchev–Trinajstić information content (AvgIpc) is 2.73. The van der Waals surface area contributed by atoms with E-state index in [-0.39, 0.29) is 0 Å². The number of H-pyrrole nitrogens is 1. The number of nitrogens with zero attached hydrogens (tertiary/aromatic N) is 1. The van der Waals surface area contributed by atoms with Gasteiger partial charge in [0, 0.05) is 15.7 Å². The van der Waals surface area contributed by atoms with Crippen molar-refractivity contribution in [2.24, 2.45) is 0 Å². The number of nitrogens with one attached hydrogen (secondary N) is 1. The highest BCUT2D eigenvalue weighted by Crippen LogP contribution is 2.23. The largest absolute Gasteiger partial charge is 0.339 e. The first-order valence-corrected chi connectivity index (χ1v) is 5.84. The van der Waals surface area contributed by atoms with Crippen LogP contribution in [-0.4, -0.2) is 16.3 Å². The van der Waals surface area contributed by atoms with Crippen LogP contribution in [0.2, 0.25) is 0 Å². The van der Waals surface area contributed by atoms with E-state index in [0.29, 0.717) is 5.82 Å². The molecule has 2 aromatic rings. The summed E-state index contributed by atoms with van der Waals surface area (Å²) < 4.78 is 1.03. The van der Waals surface area contributed by atoms with Gasteiger partial charge in [0.1, 0.15) is 0 Å². The van der Waals surface area contributed by atoms with Crippen LogP contribution in [0, 0.1) is 0 Å². The van der Waals surface area contributed by atoms with Gasteiger partial charge in [0.2, 0.25) is 0 Å². The molecule has 1 N–H and O–H groups in total. The second-order valence-electron chi connectivity index (χ2n) is 3.43. The topological polar surface area (TPSA) is 45.8 Å². The minimum absolute atomic E-state index is 0.384. The van der Waals surface area contributed by atoms with Crippen molar-refractivity contribution in [1.82, 2.24) is 9.97 Å². The quantitative estimate of drug-likeness (QED) is 0.877. The number of aromatic nitrogens is 2. The molecular formula is C12H11BrN2O. The number of hydrogen-bond acceptors (Lipinski definition) is 2. The van der Waals surface area contributed by atoms with Crippen LogP contribution >= 0.6 is 15.9 Å². The average molecular weight is 279 g/mol. The van der Waals surface area contributed by atoms with Gasteiger partial charge in [-0.25, -0.2) is 4.98 Å². The molecule has 0 bridgehead atoms. The standard InChI is InChI=1S/C12H11BrN2O/c1-2-10-12(15-11(7-16)14-10)8-3-5-9(13)6-4-8/h3-7H,2H2,1H3,(H,14,15). The Balaban J connectivity index is 2.49. The van der Waals surface area contributed by atoms with Crippen molar-refractivity contribution in [3.8, 4) is 11.3 Å². The molecule has 0 aliphatic heterocycles. The molecule has 0 aliphatic rings. The Morgan fingerprint density at radius 2 is 2.06 bits per heavy atom. The van der Waals surface area contributed by atoms with Gasteiger partial charge in [-0.1, -0.05) is 35.0 Å². The van der Waals surface area contributed by atoms with Crippen LogP contribution < -0.4 is 0 Å². The molecule has 82 valence electrons. The van der Waals surface area contributed by atoms with Crippen LogP contribution in [0.3, 0.4) is 0 Å². The van der Waals surface area contributed by atoms with E-state index in [1.807, 2.05) is 31.2 Å². The second-order valence-corrected chi connectivity index (χ2v) is 4.34. The van der Waals surface area contributed by atoms with E-state index >= 15 is 0 Å². The van der Waals surface area contributed by atoms with E-state index in [4.69, 9.17) is 0 Å². The Hall–Kier alpha value is -1.42. The summed E-state index contributed by atoms with van der Waals surface area (Å²) in [6.45, 7) is 2.03. The molecule has 0 saturated carbocycles. The zero-order valence-electron chi connectivity index (χ0n) is 8.83. The molecule has 0 amide bonds. The smallest absolute Gasteiger partial charge is 0.185 e. The van der Waals surface area contributed by atoms with Crippen LogP contribution in [0.25, 0.3) is 11.3 Å². The number of rotatable bonds is 3. The first-order valence-electron chi connectivity index (χ1n) is 5.04. The maximum atomic E-state index is 10.7. The Bertz CT molecular complexity index is 502. The molecule has 1 aromatic carbocycles. The van der Waals surface area contributed by atoms with Crippen molar-refractivity contribution in [2.75, 3.05) is 0 Å². The highest BCUT2D eigenvalue weighted by Gasteiger charge is 2.09. The molecule has 16 heavy (non-hydrogen) atoms. The van der Waals surface area contributed by atoms with Crippen LogP contribution in [-0.2, 0) is 6.42 Å². The molecule has 0 saturated heterocycles. The summed E-state index contributed by atoms with van der Waals surface area (Å²) in [7, 11) is 0. The van der Waals surface area contributed by atoms with Crippen LogP contribution in [0.15, 0.2) is 28.7 Å². The zero-order valence-corrected chi connectivity index (χ0v) is 10.4.